The molecule has 12 nitrogen and oxygen atoms in total. The number of hydrogen-bond acceptors (Lipinski definition) is 10. The first kappa shape index (κ1) is 28.5. The van der Waals surface area contributed by atoms with Crippen LogP contribution in [0.3, 0.4) is 0 Å². The van der Waals surface area contributed by atoms with Gasteiger partial charge in [-0.25, -0.2) is 17.7 Å². The fourth-order valence-corrected chi connectivity index (χ4v) is 4.70. The standard InChI is InChI=1S/C17H15Cl2N5O7S2.Na/c1-31-23-12(10-7-32-17(20-10)21-11(25)6-18)15(26)22-13-14(8-2-4-9(19)5-3-8)24(16(13)27)33(28,29)30;/h2-5,7,13-14H,6H2,1H3,(H,22,26)(H,20,21,25)(H,28,29,30);/q;+1/p-1/t13-,14+;/m1./s1. The minimum Gasteiger partial charge on any atom is -0.731 e. The van der Waals surface area contributed by atoms with Gasteiger partial charge in [-0.3, -0.25) is 14.4 Å². The molecule has 1 saturated heterocycles. The van der Waals surface area contributed by atoms with Gasteiger partial charge in [0.05, 0.1) is 0 Å². The van der Waals surface area contributed by atoms with Crippen molar-refractivity contribution >= 4 is 73.4 Å². The van der Waals surface area contributed by atoms with E-state index in [4.69, 9.17) is 23.2 Å². The Morgan fingerprint density at radius 2 is 1.97 bits per heavy atom. The number of benzene rings is 1. The number of carbonyl (C=O) groups excluding carboxylic acids is 3. The molecule has 17 heteroatoms. The van der Waals surface area contributed by atoms with Gasteiger partial charge < -0.3 is 20.0 Å². The minimum absolute atomic E-state index is 0. The summed E-state index contributed by atoms with van der Waals surface area (Å²) in [5.41, 5.74) is -0.0905. The number of nitrogens with zero attached hydrogens (tertiary/aromatic N) is 3. The second-order valence-corrected chi connectivity index (χ2v) is 9.19. The average molecular weight is 558 g/mol. The third-order valence-corrected chi connectivity index (χ3v) is 6.44. The zero-order valence-corrected chi connectivity index (χ0v) is 22.7. The Balaban J connectivity index is 0.00000408. The summed E-state index contributed by atoms with van der Waals surface area (Å²) in [5, 5.41) is 10.2. The largest absolute Gasteiger partial charge is 1.00 e. The Hall–Kier alpha value is -1.78. The minimum atomic E-state index is -5.15. The third-order valence-electron chi connectivity index (χ3n) is 4.30. The van der Waals surface area contributed by atoms with E-state index in [0.717, 1.165) is 11.3 Å². The van der Waals surface area contributed by atoms with Crippen LogP contribution in [0.5, 0.6) is 0 Å². The Labute approximate surface area is 229 Å². The molecule has 34 heavy (non-hydrogen) atoms. The van der Waals surface area contributed by atoms with Gasteiger partial charge >= 0.3 is 29.6 Å². The summed E-state index contributed by atoms with van der Waals surface area (Å²) in [6.45, 7) is 0. The van der Waals surface area contributed by atoms with Crippen molar-refractivity contribution in [3.8, 4) is 0 Å². The molecule has 0 spiro atoms. The van der Waals surface area contributed by atoms with Crippen LogP contribution in [-0.2, 0) is 29.5 Å². The van der Waals surface area contributed by atoms with Crippen molar-refractivity contribution in [2.75, 3.05) is 18.3 Å². The Kier molecular flexibility index (Phi) is 9.85. The van der Waals surface area contributed by atoms with Gasteiger partial charge in [-0.1, -0.05) is 28.9 Å². The number of alkyl halides is 1. The van der Waals surface area contributed by atoms with Crippen molar-refractivity contribution in [1.82, 2.24) is 14.6 Å². The van der Waals surface area contributed by atoms with Gasteiger partial charge in [0.2, 0.25) is 5.91 Å². The van der Waals surface area contributed by atoms with Gasteiger partial charge in [-0.15, -0.1) is 22.9 Å². The maximum absolute atomic E-state index is 12.9. The van der Waals surface area contributed by atoms with Crippen LogP contribution in [0, 0.1) is 0 Å². The number of rotatable bonds is 8. The SMILES string of the molecule is CON=C(C(=O)N[C@H]1C(=O)N(S(=O)(=O)[O-])[C@H]1c1ccc(Cl)cc1)c1csc(NC(=O)CCl)n1.[Na+]. The van der Waals surface area contributed by atoms with E-state index < -0.39 is 40.1 Å². The summed E-state index contributed by atoms with van der Waals surface area (Å²) >= 11 is 12.3. The predicted molar refractivity (Wildman–Crippen MR) is 118 cm³/mol. The van der Waals surface area contributed by atoms with Gasteiger partial charge in [-0.2, -0.15) is 0 Å². The summed E-state index contributed by atoms with van der Waals surface area (Å²) in [7, 11) is -3.98. The number of β-lactam (4-membered cyclic amide) rings is 1. The smallest absolute Gasteiger partial charge is 0.731 e. The molecular formula is C17H14Cl2N5NaO7S2. The van der Waals surface area contributed by atoms with E-state index in [0.29, 0.717) is 5.02 Å². The molecule has 176 valence electrons. The van der Waals surface area contributed by atoms with Crippen LogP contribution in [0.2, 0.25) is 5.02 Å². The van der Waals surface area contributed by atoms with Crippen molar-refractivity contribution in [2.45, 2.75) is 12.1 Å². The van der Waals surface area contributed by atoms with E-state index in [-0.39, 0.29) is 61.8 Å². The second-order valence-electron chi connectivity index (χ2n) is 6.38. The first-order chi connectivity index (χ1) is 15.6. The normalized spacial score (nSPS) is 17.9. The molecule has 2 N–H and O–H groups in total. The van der Waals surface area contributed by atoms with Crippen molar-refractivity contribution < 1.29 is 61.7 Å². The van der Waals surface area contributed by atoms with E-state index in [1.165, 1.54) is 36.8 Å². The van der Waals surface area contributed by atoms with Crippen LogP contribution in [-0.4, -0.2) is 64.7 Å². The molecule has 0 bridgehead atoms. The molecule has 0 aliphatic carbocycles. The summed E-state index contributed by atoms with van der Waals surface area (Å²) in [5.74, 6) is -2.87. The molecule has 2 atom stereocenters. The van der Waals surface area contributed by atoms with E-state index in [1.54, 1.807) is 0 Å². The van der Waals surface area contributed by atoms with Gasteiger partial charge in [0.1, 0.15) is 30.8 Å². The van der Waals surface area contributed by atoms with Gasteiger partial charge in [0, 0.05) is 10.4 Å². The van der Waals surface area contributed by atoms with Crippen LogP contribution in [0.4, 0.5) is 5.13 Å². The fourth-order valence-electron chi connectivity index (χ4n) is 2.94. The second kappa shape index (κ2) is 11.8. The van der Waals surface area contributed by atoms with Crippen molar-refractivity contribution in [1.29, 1.82) is 0 Å². The summed E-state index contributed by atoms with van der Waals surface area (Å²) in [4.78, 5) is 45.4. The number of aromatic nitrogens is 1. The molecule has 1 aliphatic rings. The van der Waals surface area contributed by atoms with Crippen LogP contribution in [0.1, 0.15) is 17.3 Å². The van der Waals surface area contributed by atoms with Crippen LogP contribution in [0.15, 0.2) is 34.8 Å². The number of amides is 3. The average Bonchev–Trinajstić information content (AvgIpc) is 3.21. The molecule has 1 aromatic carbocycles. The molecule has 2 aromatic rings. The molecule has 3 rings (SSSR count). The molecule has 2 heterocycles. The Morgan fingerprint density at radius 3 is 2.53 bits per heavy atom. The predicted octanol–water partition coefficient (Wildman–Crippen LogP) is -2.14. The first-order valence-electron chi connectivity index (χ1n) is 8.85. The number of hydrogen-bond donors (Lipinski definition) is 2. The maximum atomic E-state index is 12.9. The number of halogens is 2. The molecule has 0 radical (unpaired) electrons. The topological polar surface area (TPSA) is 170 Å². The van der Waals surface area contributed by atoms with Gasteiger partial charge in [0.15, 0.2) is 21.1 Å². The first-order valence-corrected chi connectivity index (χ1v) is 12.0. The Bertz CT molecular complexity index is 1220. The molecule has 1 fully saturated rings. The van der Waals surface area contributed by atoms with Gasteiger partial charge in [-0.05, 0) is 17.7 Å². The van der Waals surface area contributed by atoms with Crippen LogP contribution < -0.4 is 40.2 Å². The van der Waals surface area contributed by atoms with Crippen LogP contribution in [0.25, 0.3) is 0 Å². The van der Waals surface area contributed by atoms with Crippen molar-refractivity contribution in [2.24, 2.45) is 5.16 Å². The van der Waals surface area contributed by atoms with Crippen molar-refractivity contribution in [3.63, 3.8) is 0 Å². The molecule has 0 unspecified atom stereocenters. The monoisotopic (exact) mass is 557 g/mol. The number of carbonyl (C=O) groups is 3. The quantitative estimate of drug-likeness (QED) is 0.0924. The van der Waals surface area contributed by atoms with E-state index >= 15 is 0 Å². The number of nitrogens with one attached hydrogen (secondary N) is 2. The van der Waals surface area contributed by atoms with Crippen LogP contribution >= 0.6 is 34.5 Å². The zero-order valence-electron chi connectivity index (χ0n) is 17.5. The summed E-state index contributed by atoms with van der Waals surface area (Å²) in [6.07, 6.45) is 0. The molecule has 0 saturated carbocycles. The number of oxime groups is 1. The van der Waals surface area contributed by atoms with E-state index in [2.05, 4.69) is 25.6 Å². The van der Waals surface area contributed by atoms with E-state index in [9.17, 15) is 27.4 Å². The van der Waals surface area contributed by atoms with Gasteiger partial charge in [0.25, 0.3) is 11.8 Å². The summed E-state index contributed by atoms with van der Waals surface area (Å²) < 4.78 is 34.9. The number of anilines is 1. The zero-order chi connectivity index (χ0) is 24.3. The Morgan fingerprint density at radius 1 is 1.32 bits per heavy atom. The molecular weight excluding hydrogens is 544 g/mol. The molecule has 1 aromatic heterocycles. The molecule has 3 amide bonds. The number of thiazole rings is 1. The van der Waals surface area contributed by atoms with Crippen molar-refractivity contribution in [3.05, 3.63) is 45.9 Å². The maximum Gasteiger partial charge on any atom is 1.00 e. The van der Waals surface area contributed by atoms with E-state index in [1.807, 2.05) is 0 Å². The third kappa shape index (κ3) is 6.26. The molecule has 1 aliphatic heterocycles. The fraction of sp³-hybridized carbons (Fsp3) is 0.235. The summed E-state index contributed by atoms with van der Waals surface area (Å²) in [6, 6.07) is 3.05.